The molecule has 1 aliphatic rings. The number of nitrogen functional groups attached to an aromatic ring is 1. The van der Waals surface area contributed by atoms with Crippen molar-refractivity contribution in [1.82, 2.24) is 0 Å². The number of unbranched alkanes of at least 4 members (excludes halogenated alkanes) is 3. The number of nitrogens with zero attached hydrogens (tertiary/aromatic N) is 1. The number of hydrogen-bond donors (Lipinski definition) is 2. The van der Waals surface area contributed by atoms with Gasteiger partial charge in [0.2, 0.25) is 5.91 Å². The number of fused-ring (bicyclic) bond motifs is 1. The van der Waals surface area contributed by atoms with E-state index < -0.39 is 11.4 Å². The quantitative estimate of drug-likeness (QED) is 0.599. The van der Waals surface area contributed by atoms with Gasteiger partial charge in [-0.1, -0.05) is 18.9 Å². The zero-order valence-electron chi connectivity index (χ0n) is 13.3. The Morgan fingerprint density at radius 2 is 1.91 bits per heavy atom. The molecule has 3 N–H and O–H groups in total. The zero-order chi connectivity index (χ0) is 16.3. The van der Waals surface area contributed by atoms with E-state index in [4.69, 9.17) is 10.8 Å². The molecule has 0 atom stereocenters. The van der Waals surface area contributed by atoms with Crippen LogP contribution >= 0.6 is 0 Å². The number of hydrogen-bond acceptors (Lipinski definition) is 3. The van der Waals surface area contributed by atoms with E-state index in [9.17, 15) is 9.59 Å². The van der Waals surface area contributed by atoms with E-state index in [1.807, 2.05) is 36.9 Å². The first kappa shape index (κ1) is 16.3. The second-order valence-electron chi connectivity index (χ2n) is 6.42. The molecule has 1 heterocycles. The summed E-state index contributed by atoms with van der Waals surface area (Å²) in [6.45, 7) is 4.54. The van der Waals surface area contributed by atoms with Crippen molar-refractivity contribution < 1.29 is 14.7 Å². The third-order valence-corrected chi connectivity index (χ3v) is 4.29. The van der Waals surface area contributed by atoms with E-state index in [-0.39, 0.29) is 12.3 Å². The molecule has 1 aromatic carbocycles. The Morgan fingerprint density at radius 1 is 1.23 bits per heavy atom. The largest absolute Gasteiger partial charge is 0.481 e. The first-order valence-corrected chi connectivity index (χ1v) is 7.78. The van der Waals surface area contributed by atoms with Gasteiger partial charge in [-0.05, 0) is 44.4 Å². The van der Waals surface area contributed by atoms with Crippen LogP contribution in [0, 0.1) is 0 Å². The highest BCUT2D eigenvalue weighted by Crippen LogP contribution is 2.42. The highest BCUT2D eigenvalue weighted by molar-refractivity contribution is 6.07. The Bertz CT molecular complexity index is 581. The number of aliphatic carboxylic acids is 1. The van der Waals surface area contributed by atoms with Crippen LogP contribution in [0.4, 0.5) is 11.4 Å². The highest BCUT2D eigenvalue weighted by Gasteiger charge is 2.43. The number of carboxylic acids is 1. The van der Waals surface area contributed by atoms with Crippen LogP contribution in [0.2, 0.25) is 0 Å². The maximum absolute atomic E-state index is 12.6. The SMILES string of the molecule is CC1(C)C(=O)N(CCCCCCC(=O)O)c2cc(N)ccc21. The lowest BCUT2D eigenvalue weighted by Gasteiger charge is -2.20. The number of amides is 1. The van der Waals surface area contributed by atoms with Crippen molar-refractivity contribution in [3.8, 4) is 0 Å². The number of rotatable bonds is 7. The molecule has 22 heavy (non-hydrogen) atoms. The molecule has 5 heteroatoms. The molecule has 120 valence electrons. The number of benzene rings is 1. The molecular formula is C17H24N2O3. The van der Waals surface area contributed by atoms with Gasteiger partial charge in [0.15, 0.2) is 0 Å². The summed E-state index contributed by atoms with van der Waals surface area (Å²) < 4.78 is 0. The molecule has 0 spiro atoms. The minimum atomic E-state index is -0.749. The molecule has 0 fully saturated rings. The van der Waals surface area contributed by atoms with Crippen molar-refractivity contribution in [3.63, 3.8) is 0 Å². The predicted octanol–water partition coefficient (Wildman–Crippen LogP) is 2.93. The van der Waals surface area contributed by atoms with Crippen molar-refractivity contribution in [1.29, 1.82) is 0 Å². The third kappa shape index (κ3) is 3.24. The van der Waals surface area contributed by atoms with Gasteiger partial charge in [0.1, 0.15) is 0 Å². The van der Waals surface area contributed by atoms with Crippen molar-refractivity contribution in [2.75, 3.05) is 17.2 Å². The Hall–Kier alpha value is -2.04. The second kappa shape index (κ2) is 6.38. The standard InChI is InChI=1S/C17H24N2O3/c1-17(2)13-9-8-12(18)11-14(13)19(16(17)22)10-6-4-3-5-7-15(20)21/h8-9,11H,3-7,10,18H2,1-2H3,(H,20,21). The fraction of sp³-hybridized carbons (Fsp3) is 0.529. The summed E-state index contributed by atoms with van der Waals surface area (Å²) in [4.78, 5) is 24.9. The van der Waals surface area contributed by atoms with Crippen LogP contribution in [-0.2, 0) is 15.0 Å². The Kier molecular flexibility index (Phi) is 4.74. The second-order valence-corrected chi connectivity index (χ2v) is 6.42. The van der Waals surface area contributed by atoms with E-state index in [1.165, 1.54) is 0 Å². The van der Waals surface area contributed by atoms with Crippen LogP contribution in [0.3, 0.4) is 0 Å². The number of anilines is 2. The van der Waals surface area contributed by atoms with E-state index in [0.29, 0.717) is 18.7 Å². The molecule has 2 rings (SSSR count). The van der Waals surface area contributed by atoms with E-state index >= 15 is 0 Å². The van der Waals surface area contributed by atoms with Gasteiger partial charge in [-0.25, -0.2) is 0 Å². The van der Waals surface area contributed by atoms with Crippen LogP contribution in [-0.4, -0.2) is 23.5 Å². The van der Waals surface area contributed by atoms with Crippen molar-refractivity contribution in [2.45, 2.75) is 51.4 Å². The minimum Gasteiger partial charge on any atom is -0.481 e. The molecule has 5 nitrogen and oxygen atoms in total. The van der Waals surface area contributed by atoms with Crippen LogP contribution in [0.5, 0.6) is 0 Å². The van der Waals surface area contributed by atoms with Gasteiger partial charge in [-0.3, -0.25) is 9.59 Å². The van der Waals surface area contributed by atoms with Crippen LogP contribution in [0.25, 0.3) is 0 Å². The molecule has 1 aliphatic heterocycles. The van der Waals surface area contributed by atoms with Crippen LogP contribution in [0.15, 0.2) is 18.2 Å². The lowest BCUT2D eigenvalue weighted by atomic mass is 9.86. The topological polar surface area (TPSA) is 83.6 Å². The number of nitrogens with two attached hydrogens (primary N) is 1. The van der Waals surface area contributed by atoms with Gasteiger partial charge >= 0.3 is 5.97 Å². The first-order chi connectivity index (χ1) is 10.3. The Morgan fingerprint density at radius 3 is 2.59 bits per heavy atom. The lowest BCUT2D eigenvalue weighted by Crippen LogP contribution is -2.36. The Labute approximate surface area is 131 Å². The smallest absolute Gasteiger partial charge is 0.303 e. The molecule has 0 aromatic heterocycles. The summed E-state index contributed by atoms with van der Waals surface area (Å²) in [5.74, 6) is -0.639. The average molecular weight is 304 g/mol. The van der Waals surface area contributed by atoms with Crippen LogP contribution < -0.4 is 10.6 Å². The van der Waals surface area contributed by atoms with Crippen molar-refractivity contribution in [3.05, 3.63) is 23.8 Å². The summed E-state index contributed by atoms with van der Waals surface area (Å²) in [7, 11) is 0. The number of carboxylic acid groups (broad SMARTS) is 1. The zero-order valence-corrected chi connectivity index (χ0v) is 13.3. The normalized spacial score (nSPS) is 15.9. The van der Waals surface area contributed by atoms with E-state index in [0.717, 1.165) is 30.5 Å². The van der Waals surface area contributed by atoms with Gasteiger partial charge in [-0.15, -0.1) is 0 Å². The van der Waals surface area contributed by atoms with Gasteiger partial charge < -0.3 is 15.7 Å². The maximum atomic E-state index is 12.6. The van der Waals surface area contributed by atoms with Crippen LogP contribution in [0.1, 0.15) is 51.5 Å². The van der Waals surface area contributed by atoms with Gasteiger partial charge in [0.25, 0.3) is 0 Å². The molecule has 0 saturated heterocycles. The molecule has 1 amide bonds. The average Bonchev–Trinajstić information content (AvgIpc) is 2.62. The molecule has 0 aliphatic carbocycles. The fourth-order valence-electron chi connectivity index (χ4n) is 2.98. The minimum absolute atomic E-state index is 0.110. The molecular weight excluding hydrogens is 280 g/mol. The van der Waals surface area contributed by atoms with E-state index in [1.54, 1.807) is 0 Å². The summed E-state index contributed by atoms with van der Waals surface area (Å²) in [5, 5.41) is 8.61. The monoisotopic (exact) mass is 304 g/mol. The molecule has 0 saturated carbocycles. The summed E-state index contributed by atoms with van der Waals surface area (Å²) >= 11 is 0. The van der Waals surface area contributed by atoms with Gasteiger partial charge in [0, 0.05) is 24.3 Å². The summed E-state index contributed by atoms with van der Waals surface area (Å²) in [6, 6.07) is 5.64. The summed E-state index contributed by atoms with van der Waals surface area (Å²) in [6.07, 6.45) is 3.58. The fourth-order valence-corrected chi connectivity index (χ4v) is 2.98. The third-order valence-electron chi connectivity index (χ3n) is 4.29. The van der Waals surface area contributed by atoms with Crippen molar-refractivity contribution in [2.24, 2.45) is 0 Å². The van der Waals surface area contributed by atoms with Crippen molar-refractivity contribution >= 4 is 23.3 Å². The molecule has 1 aromatic rings. The molecule has 0 bridgehead atoms. The summed E-state index contributed by atoms with van der Waals surface area (Å²) in [5.41, 5.74) is 7.95. The lowest BCUT2D eigenvalue weighted by molar-refractivity contribution is -0.137. The van der Waals surface area contributed by atoms with Gasteiger partial charge in [0.05, 0.1) is 5.41 Å². The number of carbonyl (C=O) groups is 2. The van der Waals surface area contributed by atoms with E-state index in [2.05, 4.69) is 0 Å². The van der Waals surface area contributed by atoms with Gasteiger partial charge in [-0.2, -0.15) is 0 Å². The highest BCUT2D eigenvalue weighted by atomic mass is 16.4. The maximum Gasteiger partial charge on any atom is 0.303 e. The Balaban J connectivity index is 1.96. The molecule has 0 radical (unpaired) electrons. The first-order valence-electron chi connectivity index (χ1n) is 7.78. The predicted molar refractivity (Wildman–Crippen MR) is 87.0 cm³/mol. The molecule has 0 unspecified atom stereocenters. The number of carbonyl (C=O) groups excluding carboxylic acids is 1.